The van der Waals surface area contributed by atoms with Crippen LogP contribution in [-0.4, -0.2) is 61.3 Å². The molecule has 12 heteroatoms. The van der Waals surface area contributed by atoms with Gasteiger partial charge in [0, 0.05) is 44.0 Å². The van der Waals surface area contributed by atoms with Crippen LogP contribution >= 0.6 is 23.2 Å². The van der Waals surface area contributed by atoms with Crippen LogP contribution in [0.3, 0.4) is 0 Å². The molecule has 0 unspecified atom stereocenters. The van der Waals surface area contributed by atoms with Gasteiger partial charge in [-0.05, 0) is 59.0 Å². The Hall–Kier alpha value is -3.73. The number of nitrogens with zero attached hydrogens (tertiary/aromatic N) is 2. The number of benzene rings is 3. The van der Waals surface area contributed by atoms with E-state index in [1.54, 1.807) is 35.4 Å². The van der Waals surface area contributed by atoms with E-state index in [1.807, 2.05) is 6.07 Å². The predicted molar refractivity (Wildman–Crippen MR) is 155 cm³/mol. The summed E-state index contributed by atoms with van der Waals surface area (Å²) in [5.74, 6) is -2.20. The van der Waals surface area contributed by atoms with Crippen LogP contribution in [0.5, 0.6) is 0 Å². The van der Waals surface area contributed by atoms with Gasteiger partial charge in [0.1, 0.15) is 6.04 Å². The van der Waals surface area contributed by atoms with Crippen molar-refractivity contribution in [3.05, 3.63) is 92.0 Å². The number of carboxylic acids is 1. The first-order chi connectivity index (χ1) is 19.4. The summed E-state index contributed by atoms with van der Waals surface area (Å²) in [5.41, 5.74) is 4.01. The van der Waals surface area contributed by atoms with E-state index in [4.69, 9.17) is 23.2 Å². The quantitative estimate of drug-likeness (QED) is 0.408. The maximum absolute atomic E-state index is 13.4. The molecule has 2 amide bonds. The molecule has 0 spiro atoms. The number of aliphatic imine (C=N–C) groups is 1. The van der Waals surface area contributed by atoms with Crippen LogP contribution in [-0.2, 0) is 40.4 Å². The number of fused-ring (bicyclic) bond motifs is 2. The van der Waals surface area contributed by atoms with Crippen LogP contribution in [0.2, 0.25) is 10.0 Å². The molecule has 0 saturated carbocycles. The number of carbonyl (C=O) groups excluding carboxylic acids is 2. The molecular weight excluding hydrogens is 589 g/mol. The molecule has 212 valence electrons. The Bertz CT molecular complexity index is 1740. The third-order valence-corrected chi connectivity index (χ3v) is 9.02. The third kappa shape index (κ3) is 5.86. The minimum absolute atomic E-state index is 0.0257. The number of hydrogen-bond donors (Lipinski definition) is 2. The van der Waals surface area contributed by atoms with Gasteiger partial charge in [0.15, 0.2) is 9.84 Å². The number of aliphatic carboxylic acids is 1. The molecule has 0 aromatic heterocycles. The third-order valence-electron chi connectivity index (χ3n) is 7.20. The zero-order valence-corrected chi connectivity index (χ0v) is 24.2. The van der Waals surface area contributed by atoms with E-state index < -0.39 is 27.8 Å². The molecule has 9 nitrogen and oxygen atoms in total. The summed E-state index contributed by atoms with van der Waals surface area (Å²) in [7, 11) is -3.50. The molecule has 0 saturated heterocycles. The molecule has 0 aliphatic carbocycles. The first-order valence-corrected chi connectivity index (χ1v) is 15.3. The first-order valence-electron chi connectivity index (χ1n) is 12.7. The number of rotatable bonds is 7. The van der Waals surface area contributed by atoms with Crippen LogP contribution < -0.4 is 5.32 Å². The zero-order chi connectivity index (χ0) is 29.5. The number of sulfone groups is 1. The monoisotopic (exact) mass is 613 g/mol. The van der Waals surface area contributed by atoms with Gasteiger partial charge < -0.3 is 15.3 Å². The molecule has 2 N–H and O–H groups in total. The average Bonchev–Trinajstić information content (AvgIpc) is 3.41. The Morgan fingerprint density at radius 1 is 1.10 bits per heavy atom. The minimum Gasteiger partial charge on any atom is -0.480 e. The molecule has 1 atom stereocenters. The molecule has 0 bridgehead atoms. The van der Waals surface area contributed by atoms with Crippen molar-refractivity contribution in [2.75, 3.05) is 12.8 Å². The van der Waals surface area contributed by atoms with Gasteiger partial charge in [0.05, 0.1) is 26.2 Å². The lowest BCUT2D eigenvalue weighted by Crippen LogP contribution is -2.42. The van der Waals surface area contributed by atoms with Crippen molar-refractivity contribution >= 4 is 62.7 Å². The van der Waals surface area contributed by atoms with E-state index in [0.29, 0.717) is 41.6 Å². The van der Waals surface area contributed by atoms with Crippen LogP contribution in [0.15, 0.2) is 58.4 Å². The van der Waals surface area contributed by atoms with Gasteiger partial charge in [-0.3, -0.25) is 14.6 Å². The number of carboxylic acid groups (broad SMARTS) is 1. The highest BCUT2D eigenvalue weighted by Crippen LogP contribution is 2.36. The Labute approximate surface area is 246 Å². The summed E-state index contributed by atoms with van der Waals surface area (Å²) in [6.45, 7) is 0.613. The van der Waals surface area contributed by atoms with Crippen molar-refractivity contribution < 1.29 is 27.9 Å². The SMILES string of the molecule is CS(=O)(=O)c1cccc(C[C@H](NC(=O)c2c(Cl)cc3c(c2Cl)CCN(C(=O)c2cccc4c2CC=N4)C3)C(=O)O)c1. The molecule has 5 rings (SSSR count). The van der Waals surface area contributed by atoms with Crippen molar-refractivity contribution in [2.45, 2.75) is 36.7 Å². The van der Waals surface area contributed by atoms with Crippen LogP contribution in [0.1, 0.15) is 43.0 Å². The maximum Gasteiger partial charge on any atom is 0.326 e. The summed E-state index contributed by atoms with van der Waals surface area (Å²) in [6.07, 6.45) is 3.65. The second kappa shape index (κ2) is 11.3. The first kappa shape index (κ1) is 28.8. The van der Waals surface area contributed by atoms with Crippen molar-refractivity contribution in [1.29, 1.82) is 0 Å². The second-order valence-corrected chi connectivity index (χ2v) is 12.8. The Morgan fingerprint density at radius 3 is 2.59 bits per heavy atom. The summed E-state index contributed by atoms with van der Waals surface area (Å²) in [6, 6.07) is 11.6. The van der Waals surface area contributed by atoms with Gasteiger partial charge >= 0.3 is 5.97 Å². The van der Waals surface area contributed by atoms with Crippen molar-refractivity contribution in [3.8, 4) is 0 Å². The molecule has 2 aliphatic heterocycles. The lowest BCUT2D eigenvalue weighted by Gasteiger charge is -2.31. The van der Waals surface area contributed by atoms with Gasteiger partial charge in [-0.15, -0.1) is 0 Å². The highest BCUT2D eigenvalue weighted by molar-refractivity contribution is 7.90. The van der Waals surface area contributed by atoms with Crippen LogP contribution in [0.4, 0.5) is 5.69 Å². The number of halogens is 2. The highest BCUT2D eigenvalue weighted by atomic mass is 35.5. The topological polar surface area (TPSA) is 133 Å². The van der Waals surface area contributed by atoms with Crippen molar-refractivity contribution in [3.63, 3.8) is 0 Å². The highest BCUT2D eigenvalue weighted by Gasteiger charge is 2.30. The number of carbonyl (C=O) groups is 3. The Kier molecular flexibility index (Phi) is 7.91. The fraction of sp³-hybridized carbons (Fsp3) is 0.241. The number of hydrogen-bond acceptors (Lipinski definition) is 6. The van der Waals surface area contributed by atoms with Crippen molar-refractivity contribution in [2.24, 2.45) is 4.99 Å². The predicted octanol–water partition coefficient (Wildman–Crippen LogP) is 4.28. The fourth-order valence-electron chi connectivity index (χ4n) is 5.12. The zero-order valence-electron chi connectivity index (χ0n) is 21.9. The van der Waals surface area contributed by atoms with Gasteiger partial charge in [0.25, 0.3) is 11.8 Å². The normalized spacial score (nSPS) is 14.8. The Balaban J connectivity index is 1.35. The fourth-order valence-corrected chi connectivity index (χ4v) is 6.57. The molecular formula is C29H25Cl2N3O6S. The molecule has 0 fully saturated rings. The van der Waals surface area contributed by atoms with E-state index in [0.717, 1.165) is 17.5 Å². The number of nitrogens with one attached hydrogen (secondary N) is 1. The summed E-state index contributed by atoms with van der Waals surface area (Å²) in [5, 5.41) is 12.4. The lowest BCUT2D eigenvalue weighted by molar-refractivity contribution is -0.139. The molecule has 41 heavy (non-hydrogen) atoms. The van der Waals surface area contributed by atoms with Crippen LogP contribution in [0.25, 0.3) is 0 Å². The van der Waals surface area contributed by atoms with E-state index in [9.17, 15) is 27.9 Å². The van der Waals surface area contributed by atoms with E-state index in [2.05, 4.69) is 10.3 Å². The lowest BCUT2D eigenvalue weighted by atomic mass is 9.95. The van der Waals surface area contributed by atoms with E-state index >= 15 is 0 Å². The summed E-state index contributed by atoms with van der Waals surface area (Å²) in [4.78, 5) is 44.7. The van der Waals surface area contributed by atoms with Gasteiger partial charge in [-0.25, -0.2) is 13.2 Å². The van der Waals surface area contributed by atoms with E-state index in [1.165, 1.54) is 18.2 Å². The standard InChI is InChI=1S/C29H25Cl2N3O6S/c1-41(39,40)18-5-2-4-16(12-18)13-24(29(37)38)33-27(35)25-22(30)14-17-15-34(11-9-19(17)26(25)31)28(36)21-6-3-7-23-20(21)8-10-32-23/h2-7,10,12,14,24H,8-9,11,13,15H2,1H3,(H,33,35)(H,37,38)/t24-/m0/s1. The Morgan fingerprint density at radius 2 is 1.85 bits per heavy atom. The molecule has 2 aliphatic rings. The molecule has 2 heterocycles. The maximum atomic E-state index is 13.4. The average molecular weight is 615 g/mol. The van der Waals surface area contributed by atoms with Gasteiger partial charge in [0.2, 0.25) is 0 Å². The van der Waals surface area contributed by atoms with Gasteiger partial charge in [-0.1, -0.05) is 41.4 Å². The second-order valence-electron chi connectivity index (χ2n) is 9.97. The molecule has 3 aromatic rings. The summed E-state index contributed by atoms with van der Waals surface area (Å²) < 4.78 is 23.8. The molecule has 3 aromatic carbocycles. The van der Waals surface area contributed by atoms with E-state index in [-0.39, 0.29) is 39.4 Å². The number of amides is 2. The van der Waals surface area contributed by atoms with Crippen molar-refractivity contribution in [1.82, 2.24) is 10.2 Å². The smallest absolute Gasteiger partial charge is 0.326 e. The van der Waals surface area contributed by atoms with Crippen LogP contribution in [0, 0.1) is 0 Å². The summed E-state index contributed by atoms with van der Waals surface area (Å²) >= 11 is 13.2. The largest absolute Gasteiger partial charge is 0.480 e. The molecule has 0 radical (unpaired) electrons. The minimum atomic E-state index is -3.50. The van der Waals surface area contributed by atoms with Gasteiger partial charge in [-0.2, -0.15) is 0 Å².